The summed E-state index contributed by atoms with van der Waals surface area (Å²) >= 11 is 0. The summed E-state index contributed by atoms with van der Waals surface area (Å²) in [6, 6.07) is 9.69. The fraction of sp³-hybridized carbons (Fsp3) is 0.400. The topological polar surface area (TPSA) is 158 Å². The molecule has 3 atom stereocenters. The van der Waals surface area contributed by atoms with E-state index >= 15 is 0 Å². The molecule has 0 radical (unpaired) electrons. The molecule has 12 nitrogen and oxygen atoms in total. The van der Waals surface area contributed by atoms with Crippen molar-refractivity contribution in [2.24, 2.45) is 0 Å². The number of ether oxygens (including phenoxy) is 4. The molecule has 2 heterocycles. The maximum Gasteiger partial charge on any atom is 0.324 e. The van der Waals surface area contributed by atoms with Crippen molar-refractivity contribution in [3.8, 4) is 11.5 Å². The molecule has 33 heavy (non-hydrogen) atoms. The van der Waals surface area contributed by atoms with Gasteiger partial charge in [0.1, 0.15) is 11.5 Å². The molecule has 0 aliphatic carbocycles. The second-order valence-electron chi connectivity index (χ2n) is 8.02. The van der Waals surface area contributed by atoms with Crippen molar-refractivity contribution in [2.75, 3.05) is 19.1 Å². The Balaban J connectivity index is 2.16. The summed E-state index contributed by atoms with van der Waals surface area (Å²) in [6.45, 7) is 2.94. The normalized spacial score (nSPS) is 27.8. The highest BCUT2D eigenvalue weighted by molar-refractivity contribution is 7.86. The van der Waals surface area contributed by atoms with Crippen LogP contribution in [0.3, 0.4) is 0 Å². The molecule has 2 N–H and O–H groups in total. The zero-order valence-corrected chi connectivity index (χ0v) is 18.9. The number of non-ortho nitro benzene ring substituents is 1. The van der Waals surface area contributed by atoms with Crippen LogP contribution in [0.25, 0.3) is 0 Å². The fourth-order valence-electron chi connectivity index (χ4n) is 4.49. The number of nitro benzene ring substituents is 1. The summed E-state index contributed by atoms with van der Waals surface area (Å²) in [6.07, 6.45) is 0. The van der Waals surface area contributed by atoms with E-state index in [0.29, 0.717) is 0 Å². The highest BCUT2D eigenvalue weighted by Crippen LogP contribution is 2.59. The largest absolute Gasteiger partial charge is 0.482 e. The van der Waals surface area contributed by atoms with Crippen LogP contribution in [0.15, 0.2) is 42.5 Å². The summed E-state index contributed by atoms with van der Waals surface area (Å²) in [5.41, 5.74) is -6.36. The summed E-state index contributed by atoms with van der Waals surface area (Å²) in [5, 5.41) is 23.5. The molecule has 0 amide bonds. The minimum absolute atomic E-state index is 0.0614. The maximum absolute atomic E-state index is 12.4. The zero-order chi connectivity index (χ0) is 24.4. The Bertz CT molecular complexity index is 1230. The van der Waals surface area contributed by atoms with Crippen LogP contribution in [-0.4, -0.2) is 54.2 Å². The minimum Gasteiger partial charge on any atom is -0.482 e. The number of para-hydroxylation sites is 2. The molecule has 2 aliphatic rings. The highest BCUT2D eigenvalue weighted by atomic mass is 32.2. The van der Waals surface area contributed by atoms with E-state index in [-0.39, 0.29) is 28.4 Å². The molecule has 0 aromatic heterocycles. The minimum atomic E-state index is -4.96. The quantitative estimate of drug-likeness (QED) is 0.278. The van der Waals surface area contributed by atoms with Crippen molar-refractivity contribution in [3.05, 3.63) is 58.1 Å². The van der Waals surface area contributed by atoms with Gasteiger partial charge in [0.15, 0.2) is 5.60 Å². The van der Waals surface area contributed by atoms with Crippen molar-refractivity contribution < 1.29 is 41.9 Å². The number of nitrogens with zero attached hydrogens (tertiary/aromatic N) is 2. The van der Waals surface area contributed by atoms with Gasteiger partial charge in [0.25, 0.3) is 11.5 Å². The third-order valence-electron chi connectivity index (χ3n) is 5.93. The van der Waals surface area contributed by atoms with Crippen molar-refractivity contribution in [1.82, 2.24) is 0 Å². The number of rotatable bonds is 5. The lowest BCUT2D eigenvalue weighted by atomic mass is 9.78. The molecule has 0 saturated heterocycles. The average Bonchev–Trinajstić information content (AvgIpc) is 3.15. The molecular formula is C20H22N2O10S. The van der Waals surface area contributed by atoms with Crippen LogP contribution in [0.2, 0.25) is 0 Å². The Morgan fingerprint density at radius 2 is 1.79 bits per heavy atom. The molecule has 4 rings (SSSR count). The van der Waals surface area contributed by atoms with Crippen LogP contribution < -0.4 is 14.4 Å². The van der Waals surface area contributed by atoms with Gasteiger partial charge in [0.2, 0.25) is 5.72 Å². The molecule has 3 unspecified atom stereocenters. The number of nitro groups is 1. The van der Waals surface area contributed by atoms with Crippen LogP contribution in [0.5, 0.6) is 11.5 Å². The number of fused-ring (bicyclic) bond motifs is 2. The molecule has 2 aromatic rings. The molecule has 2 aliphatic heterocycles. The number of hydrogen-bond acceptors (Lipinski definition) is 10. The van der Waals surface area contributed by atoms with E-state index in [9.17, 15) is 28.2 Å². The van der Waals surface area contributed by atoms with Crippen LogP contribution in [-0.2, 0) is 25.3 Å². The SMILES string of the molecule is COC1(N2c3ccccc3OC2S(=O)(=O)O)c2cc([N+](=O)[O-])ccc2OC(C)(C)C1(O)OC. The summed E-state index contributed by atoms with van der Waals surface area (Å²) in [4.78, 5) is 11.9. The molecule has 0 saturated carbocycles. The van der Waals surface area contributed by atoms with E-state index in [0.717, 1.165) is 25.2 Å². The van der Waals surface area contributed by atoms with Crippen molar-refractivity contribution in [3.63, 3.8) is 0 Å². The molecule has 0 fully saturated rings. The molecule has 0 bridgehead atoms. The first kappa shape index (κ1) is 23.2. The monoisotopic (exact) mass is 482 g/mol. The molecule has 2 aromatic carbocycles. The van der Waals surface area contributed by atoms with E-state index < -0.39 is 37.7 Å². The third kappa shape index (κ3) is 3.00. The summed E-state index contributed by atoms with van der Waals surface area (Å²) in [7, 11) is -2.65. The Labute approximate surface area is 189 Å². The van der Waals surface area contributed by atoms with Crippen LogP contribution in [0.4, 0.5) is 11.4 Å². The van der Waals surface area contributed by atoms with Gasteiger partial charge < -0.3 is 24.1 Å². The lowest BCUT2D eigenvalue weighted by Gasteiger charge is -2.58. The van der Waals surface area contributed by atoms with Crippen LogP contribution in [0, 0.1) is 10.1 Å². The molecule has 13 heteroatoms. The van der Waals surface area contributed by atoms with Crippen molar-refractivity contribution in [2.45, 2.75) is 36.5 Å². The predicted molar refractivity (Wildman–Crippen MR) is 113 cm³/mol. The number of benzene rings is 2. The Kier molecular flexibility index (Phi) is 5.11. The van der Waals surface area contributed by atoms with Crippen LogP contribution >= 0.6 is 0 Å². The van der Waals surface area contributed by atoms with Gasteiger partial charge in [-0.25, -0.2) is 0 Å². The lowest BCUT2D eigenvalue weighted by Crippen LogP contribution is -2.77. The van der Waals surface area contributed by atoms with E-state index in [2.05, 4.69) is 0 Å². The third-order valence-corrected chi connectivity index (χ3v) is 6.74. The number of methoxy groups -OCH3 is 2. The second-order valence-corrected chi connectivity index (χ2v) is 9.46. The van der Waals surface area contributed by atoms with Gasteiger partial charge >= 0.3 is 15.7 Å². The van der Waals surface area contributed by atoms with Gasteiger partial charge in [-0.3, -0.25) is 19.6 Å². The number of aliphatic hydroxyl groups is 1. The zero-order valence-electron chi connectivity index (χ0n) is 18.1. The van der Waals surface area contributed by atoms with E-state index in [1.807, 2.05) is 0 Å². The first-order valence-corrected chi connectivity index (χ1v) is 11.2. The number of hydrogen-bond donors (Lipinski definition) is 2. The second kappa shape index (κ2) is 7.27. The molecule has 0 spiro atoms. The van der Waals surface area contributed by atoms with Gasteiger partial charge in [-0.15, -0.1) is 0 Å². The smallest absolute Gasteiger partial charge is 0.324 e. The van der Waals surface area contributed by atoms with E-state index in [1.54, 1.807) is 12.1 Å². The molecular weight excluding hydrogens is 460 g/mol. The Morgan fingerprint density at radius 1 is 1.12 bits per heavy atom. The Morgan fingerprint density at radius 3 is 2.36 bits per heavy atom. The first-order valence-electron chi connectivity index (χ1n) is 9.66. The highest BCUT2D eigenvalue weighted by Gasteiger charge is 2.73. The standard InChI is InChI=1S/C20H22N2O10S/c1-18(2)20(23,30-4)19(29-3,13-11-12(22(24)25)9-10-15(13)32-18)21-14-7-5-6-8-16(14)31-17(21)33(26,27)28/h5-11,17,23H,1-4H3,(H,26,27,28). The first-order chi connectivity index (χ1) is 15.3. The maximum atomic E-state index is 12.4. The van der Waals surface area contributed by atoms with Crippen molar-refractivity contribution >= 4 is 21.5 Å². The van der Waals surface area contributed by atoms with Gasteiger partial charge in [-0.1, -0.05) is 12.1 Å². The van der Waals surface area contributed by atoms with Gasteiger partial charge in [-0.05, 0) is 32.0 Å². The van der Waals surface area contributed by atoms with Crippen molar-refractivity contribution in [1.29, 1.82) is 0 Å². The Hall–Kier alpha value is -2.97. The fourth-order valence-corrected chi connectivity index (χ4v) is 5.24. The number of anilines is 1. The lowest BCUT2D eigenvalue weighted by molar-refractivity contribution is -0.386. The molecule has 178 valence electrons. The van der Waals surface area contributed by atoms with Gasteiger partial charge in [0.05, 0.1) is 16.2 Å². The van der Waals surface area contributed by atoms with Crippen LogP contribution in [0.1, 0.15) is 19.4 Å². The van der Waals surface area contributed by atoms with Gasteiger partial charge in [-0.2, -0.15) is 8.42 Å². The summed E-state index contributed by atoms with van der Waals surface area (Å²) < 4.78 is 57.7. The average molecular weight is 482 g/mol. The van der Waals surface area contributed by atoms with E-state index in [1.165, 1.54) is 38.1 Å². The summed E-state index contributed by atoms with van der Waals surface area (Å²) in [5.74, 6) is -2.36. The van der Waals surface area contributed by atoms with Gasteiger partial charge in [0, 0.05) is 26.4 Å². The predicted octanol–water partition coefficient (Wildman–Crippen LogP) is 1.97. The van der Waals surface area contributed by atoms with E-state index in [4.69, 9.17) is 18.9 Å².